The highest BCUT2D eigenvalue weighted by molar-refractivity contribution is 5.86. The van der Waals surface area contributed by atoms with E-state index in [1.807, 2.05) is 31.2 Å². The molecule has 2 N–H and O–H groups in total. The van der Waals surface area contributed by atoms with Gasteiger partial charge in [-0.15, -0.1) is 0 Å². The highest BCUT2D eigenvalue weighted by Gasteiger charge is 2.42. The summed E-state index contributed by atoms with van der Waals surface area (Å²) in [4.78, 5) is 14.5. The molecule has 1 aliphatic heterocycles. The minimum atomic E-state index is -0.543. The normalized spacial score (nSPS) is 21.3. The maximum absolute atomic E-state index is 12.4. The van der Waals surface area contributed by atoms with Gasteiger partial charge >= 0.3 is 0 Å². The topological polar surface area (TPSA) is 61.8 Å². The van der Waals surface area contributed by atoms with Gasteiger partial charge in [0.25, 0.3) is 0 Å². The summed E-state index contributed by atoms with van der Waals surface area (Å²) in [6.07, 6.45) is 1.78. The molecule has 1 atom stereocenters. The summed E-state index contributed by atoms with van der Waals surface area (Å²) in [5.74, 6) is 0.614. The van der Waals surface area contributed by atoms with Crippen LogP contribution >= 0.6 is 0 Å². The number of hydrogen-bond acceptors (Lipinski definition) is 4. The van der Waals surface area contributed by atoms with Crippen LogP contribution in [0.25, 0.3) is 0 Å². The van der Waals surface area contributed by atoms with E-state index in [0.717, 1.165) is 24.9 Å². The molecule has 23 heavy (non-hydrogen) atoms. The second-order valence-electron chi connectivity index (χ2n) is 5.96. The summed E-state index contributed by atoms with van der Waals surface area (Å²) >= 11 is 0. The number of hydrogen-bond donors (Lipinski definition) is 2. The zero-order valence-corrected chi connectivity index (χ0v) is 13.6. The Bertz CT molecular complexity index is 509. The number of nitrogens with one attached hydrogen (secondary N) is 1. The van der Waals surface area contributed by atoms with Crippen LogP contribution in [0.1, 0.15) is 25.3 Å². The first-order valence-corrected chi connectivity index (χ1v) is 8.02. The van der Waals surface area contributed by atoms with Gasteiger partial charge in [-0.1, -0.05) is 12.1 Å². The fourth-order valence-corrected chi connectivity index (χ4v) is 2.96. The van der Waals surface area contributed by atoms with E-state index in [-0.39, 0.29) is 25.7 Å². The van der Waals surface area contributed by atoms with E-state index in [1.54, 1.807) is 0 Å². The van der Waals surface area contributed by atoms with Crippen LogP contribution in [0.2, 0.25) is 0 Å². The van der Waals surface area contributed by atoms with Gasteiger partial charge in [-0.05, 0) is 44.0 Å². The minimum Gasteiger partial charge on any atom is -0.491 e. The highest BCUT2D eigenvalue weighted by Crippen LogP contribution is 2.31. The second-order valence-corrected chi connectivity index (χ2v) is 5.96. The third kappa shape index (κ3) is 4.42. The van der Waals surface area contributed by atoms with E-state index in [2.05, 4.69) is 10.2 Å². The SMILES string of the molecule is C[C@@]1(C(=O)NCCO)CCCN1Cc1ccc(OCCF)cc1. The van der Waals surface area contributed by atoms with Gasteiger partial charge in [0.1, 0.15) is 19.0 Å². The van der Waals surface area contributed by atoms with Gasteiger partial charge < -0.3 is 15.2 Å². The Morgan fingerprint density at radius 2 is 2.17 bits per heavy atom. The number of ether oxygens (including phenoxy) is 1. The Balaban J connectivity index is 1.99. The monoisotopic (exact) mass is 324 g/mol. The molecule has 1 saturated heterocycles. The fourth-order valence-electron chi connectivity index (χ4n) is 2.96. The van der Waals surface area contributed by atoms with Crippen LogP contribution in [-0.2, 0) is 11.3 Å². The first-order valence-electron chi connectivity index (χ1n) is 8.02. The Hall–Kier alpha value is -1.66. The molecule has 6 heteroatoms. The van der Waals surface area contributed by atoms with E-state index in [9.17, 15) is 9.18 Å². The molecule has 0 bridgehead atoms. The second kappa shape index (κ2) is 8.26. The van der Waals surface area contributed by atoms with Crippen molar-refractivity contribution < 1.29 is 19.0 Å². The third-order valence-corrected chi connectivity index (χ3v) is 4.32. The van der Waals surface area contributed by atoms with Crippen LogP contribution in [0.3, 0.4) is 0 Å². The van der Waals surface area contributed by atoms with Crippen molar-refractivity contribution in [1.29, 1.82) is 0 Å². The van der Waals surface area contributed by atoms with E-state index in [4.69, 9.17) is 9.84 Å². The summed E-state index contributed by atoms with van der Waals surface area (Å²) in [7, 11) is 0. The molecule has 1 amide bonds. The molecule has 5 nitrogen and oxygen atoms in total. The van der Waals surface area contributed by atoms with Crippen LogP contribution in [0.4, 0.5) is 4.39 Å². The molecule has 0 radical (unpaired) electrons. The summed E-state index contributed by atoms with van der Waals surface area (Å²) in [6.45, 7) is 3.28. The first-order chi connectivity index (χ1) is 11.1. The van der Waals surface area contributed by atoms with Gasteiger partial charge in [-0.3, -0.25) is 9.69 Å². The predicted octanol–water partition coefficient (Wildman–Crippen LogP) is 1.50. The zero-order valence-electron chi connectivity index (χ0n) is 13.6. The van der Waals surface area contributed by atoms with Gasteiger partial charge in [-0.2, -0.15) is 0 Å². The number of carbonyl (C=O) groups excluding carboxylic acids is 1. The smallest absolute Gasteiger partial charge is 0.240 e. The number of benzene rings is 1. The van der Waals surface area contributed by atoms with E-state index < -0.39 is 12.2 Å². The minimum absolute atomic E-state index is 0.0352. The average Bonchev–Trinajstić information content (AvgIpc) is 2.94. The highest BCUT2D eigenvalue weighted by atomic mass is 19.1. The van der Waals surface area contributed by atoms with Crippen molar-refractivity contribution in [3.8, 4) is 5.75 Å². The molecule has 0 aromatic heterocycles. The molecule has 0 spiro atoms. The van der Waals surface area contributed by atoms with E-state index in [0.29, 0.717) is 12.3 Å². The summed E-state index contributed by atoms with van der Waals surface area (Å²) < 4.78 is 17.3. The lowest BCUT2D eigenvalue weighted by Gasteiger charge is -2.34. The molecule has 128 valence electrons. The quantitative estimate of drug-likeness (QED) is 0.761. The molecule has 1 heterocycles. The van der Waals surface area contributed by atoms with E-state index >= 15 is 0 Å². The van der Waals surface area contributed by atoms with Crippen LogP contribution in [-0.4, -0.2) is 54.4 Å². The molecule has 0 aliphatic carbocycles. The first kappa shape index (κ1) is 17.7. The number of alkyl halides is 1. The van der Waals surface area contributed by atoms with Gasteiger partial charge in [0.05, 0.1) is 12.1 Å². The Labute approximate surface area is 136 Å². The molecule has 1 aromatic carbocycles. The number of aliphatic hydroxyl groups excluding tert-OH is 1. The van der Waals surface area contributed by atoms with Gasteiger partial charge in [-0.25, -0.2) is 4.39 Å². The third-order valence-electron chi connectivity index (χ3n) is 4.32. The Kier molecular flexibility index (Phi) is 6.36. The number of halogens is 1. The van der Waals surface area contributed by atoms with E-state index in [1.165, 1.54) is 0 Å². The van der Waals surface area contributed by atoms with Crippen molar-refractivity contribution >= 4 is 5.91 Å². The van der Waals surface area contributed by atoms with Crippen molar-refractivity contribution in [2.45, 2.75) is 31.8 Å². The number of rotatable bonds is 8. The number of carbonyl (C=O) groups is 1. The average molecular weight is 324 g/mol. The zero-order chi connectivity index (χ0) is 16.7. The van der Waals surface area contributed by atoms with Crippen LogP contribution in [0.5, 0.6) is 5.75 Å². The number of likely N-dealkylation sites (tertiary alicyclic amines) is 1. The van der Waals surface area contributed by atoms with Gasteiger partial charge in [0.2, 0.25) is 5.91 Å². The maximum Gasteiger partial charge on any atom is 0.240 e. The molecule has 0 saturated carbocycles. The summed E-state index contributed by atoms with van der Waals surface area (Å²) in [5.41, 5.74) is 0.541. The summed E-state index contributed by atoms with van der Waals surface area (Å²) in [5, 5.41) is 11.6. The molecule has 1 aromatic rings. The van der Waals surface area contributed by atoms with Crippen LogP contribution in [0, 0.1) is 0 Å². The molecule has 2 rings (SSSR count). The lowest BCUT2D eigenvalue weighted by atomic mass is 9.97. The predicted molar refractivity (Wildman–Crippen MR) is 86.1 cm³/mol. The largest absolute Gasteiger partial charge is 0.491 e. The van der Waals surface area contributed by atoms with Crippen molar-refractivity contribution in [2.24, 2.45) is 0 Å². The molecular formula is C17H25FN2O3. The summed E-state index contributed by atoms with van der Waals surface area (Å²) in [6, 6.07) is 7.53. The maximum atomic E-state index is 12.4. The number of amides is 1. The number of nitrogens with zero attached hydrogens (tertiary/aromatic N) is 1. The lowest BCUT2D eigenvalue weighted by molar-refractivity contribution is -0.131. The van der Waals surface area contributed by atoms with Gasteiger partial charge in [0.15, 0.2) is 0 Å². The van der Waals surface area contributed by atoms with Crippen LogP contribution in [0.15, 0.2) is 24.3 Å². The van der Waals surface area contributed by atoms with Crippen LogP contribution < -0.4 is 10.1 Å². The van der Waals surface area contributed by atoms with Gasteiger partial charge in [0, 0.05) is 13.1 Å². The molecular weight excluding hydrogens is 299 g/mol. The molecule has 1 fully saturated rings. The van der Waals surface area contributed by atoms with Crippen molar-refractivity contribution in [3.05, 3.63) is 29.8 Å². The van der Waals surface area contributed by atoms with Crippen molar-refractivity contribution in [3.63, 3.8) is 0 Å². The Morgan fingerprint density at radius 1 is 1.43 bits per heavy atom. The number of aliphatic hydroxyl groups is 1. The van der Waals surface area contributed by atoms with Crippen molar-refractivity contribution in [2.75, 3.05) is 33.0 Å². The molecule has 1 aliphatic rings. The standard InChI is InChI=1S/C17H25FN2O3/c1-17(16(22)19-9-11-21)7-2-10-20(17)13-14-3-5-15(6-4-14)23-12-8-18/h3-6,21H,2,7-13H2,1H3,(H,19,22)/t17-/m0/s1. The lowest BCUT2D eigenvalue weighted by Crippen LogP contribution is -2.53. The fraction of sp³-hybridized carbons (Fsp3) is 0.588. The molecule has 0 unspecified atom stereocenters. The van der Waals surface area contributed by atoms with Crippen molar-refractivity contribution in [1.82, 2.24) is 10.2 Å². The Morgan fingerprint density at radius 3 is 2.83 bits per heavy atom.